The quantitative estimate of drug-likeness (QED) is 0.151. The van der Waals surface area contributed by atoms with Gasteiger partial charge in [-0.15, -0.1) is 0 Å². The molecule has 346 valence electrons. The van der Waals surface area contributed by atoms with Gasteiger partial charge in [-0.3, -0.25) is 0 Å². The molecule has 74 heavy (non-hydrogen) atoms. The first-order valence-electron chi connectivity index (χ1n) is 25.5. The second-order valence-corrected chi connectivity index (χ2v) is 19.5. The smallest absolute Gasteiger partial charge is 0.137 e. The van der Waals surface area contributed by atoms with E-state index in [0.717, 1.165) is 72.8 Å². The van der Waals surface area contributed by atoms with Crippen molar-refractivity contribution in [1.29, 1.82) is 0 Å². The summed E-state index contributed by atoms with van der Waals surface area (Å²) < 4.78 is 6.33. The van der Waals surface area contributed by atoms with Crippen LogP contribution in [0.1, 0.15) is 22.3 Å². The van der Waals surface area contributed by atoms with Crippen molar-refractivity contribution >= 4 is 66.8 Å². The van der Waals surface area contributed by atoms with Crippen molar-refractivity contribution in [3.63, 3.8) is 0 Å². The summed E-state index contributed by atoms with van der Waals surface area (Å²) in [5, 5.41) is 4.72. The number of furan rings is 1. The molecule has 0 saturated carbocycles. The third-order valence-corrected chi connectivity index (χ3v) is 15.7. The number of anilines is 6. The second-order valence-electron chi connectivity index (χ2n) is 19.5. The van der Waals surface area contributed by atoms with E-state index in [9.17, 15) is 0 Å². The molecule has 0 N–H and O–H groups in total. The molecule has 1 heterocycles. The summed E-state index contributed by atoms with van der Waals surface area (Å²) in [4.78, 5) is 4.75. The van der Waals surface area contributed by atoms with E-state index in [1.54, 1.807) is 0 Å². The van der Waals surface area contributed by atoms with Gasteiger partial charge in [0, 0.05) is 50.7 Å². The Labute approximate surface area is 430 Å². The number of rotatable bonds is 8. The highest BCUT2D eigenvalue weighted by Crippen LogP contribution is 2.65. The molecule has 0 aliphatic heterocycles. The molecular formula is C71H46N2O. The zero-order chi connectivity index (χ0) is 48.7. The van der Waals surface area contributed by atoms with Crippen LogP contribution in [0.15, 0.2) is 283 Å². The SMILES string of the molecule is c1ccc(N(c2ccc(-c3ccc(-c4ccc(N(c5ccccc5)c5cc6c(c7ccccc57)-c5ccccc5C65c6ccccc6-c6ccccc65)cc4)cc3)cc2)c2ccc3c(c2)oc2ccccc23)cc1. The standard InChI is InChI=1S/C71H46N2O/c1-3-17-51(18-4-1)72(55-43-44-60-59-24-12-16-30-68(59)74-69(60)45-55)53-39-35-49(36-40-53)47-31-33-48(34-32-47)50-37-41-54(42-38-50)73(52-19-5-2-6-20-52)67-46-66-70(61-25-8-7-23-58(61)67)62-26-11-15-29-65(62)71(66)63-27-13-9-21-56(63)57-22-10-14-28-64(57)71/h1-46H. The maximum Gasteiger partial charge on any atom is 0.137 e. The van der Waals surface area contributed by atoms with Gasteiger partial charge in [-0.05, 0) is 145 Å². The lowest BCUT2D eigenvalue weighted by Crippen LogP contribution is -2.26. The Bertz CT molecular complexity index is 4240. The molecule has 0 atom stereocenters. The van der Waals surface area contributed by atoms with Gasteiger partial charge < -0.3 is 14.2 Å². The van der Waals surface area contributed by atoms with E-state index < -0.39 is 5.41 Å². The highest BCUT2D eigenvalue weighted by Gasteiger charge is 2.52. The fraction of sp³-hybridized carbons (Fsp3) is 0.0141. The monoisotopic (exact) mass is 942 g/mol. The number of hydrogen-bond acceptors (Lipinski definition) is 3. The molecule has 1 spiro atoms. The van der Waals surface area contributed by atoms with Crippen molar-refractivity contribution in [3.8, 4) is 44.5 Å². The normalized spacial score (nSPS) is 12.7. The minimum atomic E-state index is -0.465. The maximum absolute atomic E-state index is 6.33. The zero-order valence-electron chi connectivity index (χ0n) is 40.4. The highest BCUT2D eigenvalue weighted by molar-refractivity contribution is 6.12. The van der Waals surface area contributed by atoms with Gasteiger partial charge in [-0.25, -0.2) is 0 Å². The molecule has 0 amide bonds. The summed E-state index contributed by atoms with van der Waals surface area (Å²) in [7, 11) is 0. The molecule has 0 fully saturated rings. The summed E-state index contributed by atoms with van der Waals surface area (Å²) in [5.41, 5.74) is 23.1. The highest BCUT2D eigenvalue weighted by atomic mass is 16.3. The van der Waals surface area contributed by atoms with E-state index in [1.807, 2.05) is 12.1 Å². The van der Waals surface area contributed by atoms with Crippen molar-refractivity contribution in [2.75, 3.05) is 9.80 Å². The van der Waals surface area contributed by atoms with E-state index in [0.29, 0.717) is 0 Å². The van der Waals surface area contributed by atoms with Gasteiger partial charge in [0.25, 0.3) is 0 Å². The minimum absolute atomic E-state index is 0.465. The van der Waals surface area contributed by atoms with Crippen LogP contribution in [0.25, 0.3) is 77.2 Å². The van der Waals surface area contributed by atoms with Crippen LogP contribution in [0.5, 0.6) is 0 Å². The summed E-state index contributed by atoms with van der Waals surface area (Å²) in [6.07, 6.45) is 0. The van der Waals surface area contributed by atoms with Crippen LogP contribution in [0.2, 0.25) is 0 Å². The topological polar surface area (TPSA) is 19.6 Å². The molecule has 3 nitrogen and oxygen atoms in total. The van der Waals surface area contributed by atoms with E-state index in [2.05, 4.69) is 277 Å². The van der Waals surface area contributed by atoms with Crippen LogP contribution in [0.3, 0.4) is 0 Å². The number of benzene rings is 12. The van der Waals surface area contributed by atoms with Crippen molar-refractivity contribution in [1.82, 2.24) is 0 Å². The van der Waals surface area contributed by atoms with Gasteiger partial charge in [0.15, 0.2) is 0 Å². The second kappa shape index (κ2) is 16.7. The fourth-order valence-electron chi connectivity index (χ4n) is 12.5. The molecule has 0 radical (unpaired) electrons. The number of fused-ring (bicyclic) bond motifs is 15. The van der Waals surface area contributed by atoms with Gasteiger partial charge in [-0.2, -0.15) is 0 Å². The van der Waals surface area contributed by atoms with Crippen LogP contribution in [-0.4, -0.2) is 0 Å². The van der Waals surface area contributed by atoms with Crippen LogP contribution >= 0.6 is 0 Å². The molecule has 1 aromatic heterocycles. The average molecular weight is 943 g/mol. The molecule has 0 saturated heterocycles. The summed E-state index contributed by atoms with van der Waals surface area (Å²) in [5.74, 6) is 0. The molecule has 2 aliphatic rings. The Morgan fingerprint density at radius 1 is 0.257 bits per heavy atom. The number of nitrogens with zero attached hydrogens (tertiary/aromatic N) is 2. The Hall–Kier alpha value is -9.70. The molecule has 12 aromatic carbocycles. The van der Waals surface area contributed by atoms with Gasteiger partial charge in [0.05, 0.1) is 11.1 Å². The molecule has 2 aliphatic carbocycles. The molecule has 15 rings (SSSR count). The first-order valence-corrected chi connectivity index (χ1v) is 25.5. The third-order valence-electron chi connectivity index (χ3n) is 15.7. The zero-order valence-corrected chi connectivity index (χ0v) is 40.4. The van der Waals surface area contributed by atoms with Crippen molar-refractivity contribution < 1.29 is 4.42 Å². The minimum Gasteiger partial charge on any atom is -0.456 e. The predicted octanol–water partition coefficient (Wildman–Crippen LogP) is 19.4. The Morgan fingerprint density at radius 2 is 0.662 bits per heavy atom. The third kappa shape index (κ3) is 6.33. The van der Waals surface area contributed by atoms with Crippen LogP contribution in [0, 0.1) is 0 Å². The summed E-state index contributed by atoms with van der Waals surface area (Å²) in [6, 6.07) is 102. The van der Waals surface area contributed by atoms with Crippen molar-refractivity contribution in [2.24, 2.45) is 0 Å². The van der Waals surface area contributed by atoms with Gasteiger partial charge in [-0.1, -0.05) is 200 Å². The van der Waals surface area contributed by atoms with Gasteiger partial charge in [0.1, 0.15) is 11.2 Å². The van der Waals surface area contributed by atoms with E-state index in [4.69, 9.17) is 4.42 Å². The van der Waals surface area contributed by atoms with Gasteiger partial charge >= 0.3 is 0 Å². The molecular weight excluding hydrogens is 897 g/mol. The lowest BCUT2D eigenvalue weighted by atomic mass is 9.70. The lowest BCUT2D eigenvalue weighted by molar-refractivity contribution is 0.669. The van der Waals surface area contributed by atoms with Crippen molar-refractivity contribution in [3.05, 3.63) is 301 Å². The molecule has 3 heteroatoms. The summed E-state index contributed by atoms with van der Waals surface area (Å²) >= 11 is 0. The van der Waals surface area contributed by atoms with Crippen LogP contribution in [-0.2, 0) is 5.41 Å². The lowest BCUT2D eigenvalue weighted by Gasteiger charge is -2.33. The average Bonchev–Trinajstić information content (AvgIpc) is 4.17. The maximum atomic E-state index is 6.33. The van der Waals surface area contributed by atoms with Gasteiger partial charge in [0.2, 0.25) is 0 Å². The molecule has 0 unspecified atom stereocenters. The van der Waals surface area contributed by atoms with Crippen LogP contribution in [0.4, 0.5) is 34.1 Å². The van der Waals surface area contributed by atoms with Crippen LogP contribution < -0.4 is 9.80 Å². The predicted molar refractivity (Wildman–Crippen MR) is 308 cm³/mol. The van der Waals surface area contributed by atoms with E-state index in [1.165, 1.54) is 60.8 Å². The Balaban J connectivity index is 0.785. The molecule has 0 bridgehead atoms. The van der Waals surface area contributed by atoms with E-state index >= 15 is 0 Å². The fourth-order valence-corrected chi connectivity index (χ4v) is 12.5. The van der Waals surface area contributed by atoms with Crippen molar-refractivity contribution in [2.45, 2.75) is 5.41 Å². The number of para-hydroxylation sites is 3. The largest absolute Gasteiger partial charge is 0.456 e. The Morgan fingerprint density at radius 3 is 1.26 bits per heavy atom. The number of hydrogen-bond donors (Lipinski definition) is 0. The Kier molecular flexibility index (Phi) is 9.48. The first kappa shape index (κ1) is 42.0. The molecule has 13 aromatic rings. The van der Waals surface area contributed by atoms with E-state index in [-0.39, 0.29) is 0 Å². The summed E-state index contributed by atoms with van der Waals surface area (Å²) in [6.45, 7) is 0. The first-order chi connectivity index (χ1) is 36.7.